The summed E-state index contributed by atoms with van der Waals surface area (Å²) in [5, 5.41) is 8.69. The second-order valence-corrected chi connectivity index (χ2v) is 7.45. The molecule has 0 atom stereocenters. The van der Waals surface area contributed by atoms with Gasteiger partial charge in [0.2, 0.25) is 5.91 Å². The molecule has 6 heteroatoms. The molecule has 2 heterocycles. The Morgan fingerprint density at radius 2 is 2.09 bits per heavy atom. The minimum atomic E-state index is 0.0311. The van der Waals surface area contributed by atoms with Crippen LogP contribution in [0.15, 0.2) is 22.5 Å². The van der Waals surface area contributed by atoms with E-state index < -0.39 is 0 Å². The van der Waals surface area contributed by atoms with Gasteiger partial charge in [0.25, 0.3) is 0 Å². The lowest BCUT2D eigenvalue weighted by atomic mass is 9.91. The summed E-state index contributed by atoms with van der Waals surface area (Å²) in [5.74, 6) is 0.835. The summed E-state index contributed by atoms with van der Waals surface area (Å²) < 4.78 is 0. The van der Waals surface area contributed by atoms with Crippen molar-refractivity contribution in [3.8, 4) is 0 Å². The third kappa shape index (κ3) is 5.23. The van der Waals surface area contributed by atoms with Crippen molar-refractivity contribution in [2.45, 2.75) is 39.0 Å². The van der Waals surface area contributed by atoms with E-state index in [-0.39, 0.29) is 17.9 Å². The van der Waals surface area contributed by atoms with Gasteiger partial charge in [0.15, 0.2) is 5.96 Å². The van der Waals surface area contributed by atoms with Gasteiger partial charge >= 0.3 is 0 Å². The average molecular weight is 337 g/mol. The highest BCUT2D eigenvalue weighted by Gasteiger charge is 2.22. The fourth-order valence-corrected chi connectivity index (χ4v) is 3.46. The molecule has 1 fully saturated rings. The minimum Gasteiger partial charge on any atom is -0.357 e. The Balaban J connectivity index is 1.89. The molecule has 5 nitrogen and oxygen atoms in total. The number of aliphatic imine (C=N–C) groups is 1. The highest BCUT2D eigenvalue weighted by Crippen LogP contribution is 2.26. The second-order valence-electron chi connectivity index (χ2n) is 6.50. The Hall–Kier alpha value is -1.56. The first-order valence-electron chi connectivity index (χ1n) is 8.37. The van der Waals surface area contributed by atoms with Crippen LogP contribution in [-0.2, 0) is 10.2 Å². The van der Waals surface area contributed by atoms with E-state index in [2.05, 4.69) is 47.0 Å². The molecular formula is C17H28N4OS. The summed E-state index contributed by atoms with van der Waals surface area (Å²) >= 11 is 1.77. The monoisotopic (exact) mass is 336 g/mol. The predicted molar refractivity (Wildman–Crippen MR) is 97.1 cm³/mol. The number of thiophene rings is 1. The molecule has 2 N–H and O–H groups in total. The molecular weight excluding hydrogens is 308 g/mol. The quantitative estimate of drug-likeness (QED) is 0.618. The SMILES string of the molecule is CCNC(=NCC(=O)N1CCCC1)NCC(C)(C)c1cccs1. The van der Waals surface area contributed by atoms with Gasteiger partial charge in [0, 0.05) is 36.5 Å². The Morgan fingerprint density at radius 1 is 1.35 bits per heavy atom. The number of carbonyl (C=O) groups excluding carboxylic acids is 1. The van der Waals surface area contributed by atoms with E-state index in [4.69, 9.17) is 0 Å². The molecule has 0 saturated carbocycles. The van der Waals surface area contributed by atoms with E-state index in [1.807, 2.05) is 11.8 Å². The molecule has 0 radical (unpaired) electrons. The molecule has 1 aliphatic heterocycles. The highest BCUT2D eigenvalue weighted by atomic mass is 32.1. The molecule has 0 unspecified atom stereocenters. The zero-order valence-electron chi connectivity index (χ0n) is 14.4. The standard InChI is InChI=1S/C17H28N4OS/c1-4-18-16(19-12-15(22)21-9-5-6-10-21)20-13-17(2,3)14-8-7-11-23-14/h7-8,11H,4-6,9-10,12-13H2,1-3H3,(H2,18,19,20). The van der Waals surface area contributed by atoms with Gasteiger partial charge in [-0.3, -0.25) is 4.79 Å². The highest BCUT2D eigenvalue weighted by molar-refractivity contribution is 7.10. The number of hydrogen-bond donors (Lipinski definition) is 2. The largest absolute Gasteiger partial charge is 0.357 e. The van der Waals surface area contributed by atoms with Gasteiger partial charge in [0.05, 0.1) is 0 Å². The van der Waals surface area contributed by atoms with E-state index in [0.717, 1.165) is 39.0 Å². The van der Waals surface area contributed by atoms with Crippen LogP contribution >= 0.6 is 11.3 Å². The molecule has 1 aromatic heterocycles. The van der Waals surface area contributed by atoms with Gasteiger partial charge < -0.3 is 15.5 Å². The van der Waals surface area contributed by atoms with Gasteiger partial charge in [-0.05, 0) is 31.2 Å². The van der Waals surface area contributed by atoms with Crippen molar-refractivity contribution in [1.82, 2.24) is 15.5 Å². The number of rotatable bonds is 6. The summed E-state index contributed by atoms with van der Waals surface area (Å²) in [6.07, 6.45) is 2.23. The zero-order chi connectivity index (χ0) is 16.7. The van der Waals surface area contributed by atoms with Crippen LogP contribution in [-0.4, -0.2) is 49.5 Å². The maximum Gasteiger partial charge on any atom is 0.244 e. The number of amides is 1. The summed E-state index contributed by atoms with van der Waals surface area (Å²) in [6, 6.07) is 4.24. The fraction of sp³-hybridized carbons (Fsp3) is 0.647. The summed E-state index contributed by atoms with van der Waals surface area (Å²) in [5.41, 5.74) is 0.0311. The van der Waals surface area contributed by atoms with Crippen LogP contribution in [0.3, 0.4) is 0 Å². The van der Waals surface area contributed by atoms with Crippen molar-refractivity contribution < 1.29 is 4.79 Å². The molecule has 1 aromatic rings. The number of carbonyl (C=O) groups is 1. The van der Waals surface area contributed by atoms with Crippen molar-refractivity contribution >= 4 is 23.2 Å². The summed E-state index contributed by atoms with van der Waals surface area (Å²) in [7, 11) is 0. The van der Waals surface area contributed by atoms with Crippen molar-refractivity contribution in [1.29, 1.82) is 0 Å². The normalized spacial score (nSPS) is 15.8. The Bertz CT molecular complexity index is 519. The zero-order valence-corrected chi connectivity index (χ0v) is 15.2. The maximum atomic E-state index is 12.1. The average Bonchev–Trinajstić information content (AvgIpc) is 3.23. The molecule has 2 rings (SSSR count). The number of guanidine groups is 1. The number of likely N-dealkylation sites (tertiary alicyclic amines) is 1. The van der Waals surface area contributed by atoms with Crippen LogP contribution < -0.4 is 10.6 Å². The van der Waals surface area contributed by atoms with Crippen LogP contribution in [0.2, 0.25) is 0 Å². The number of nitrogens with one attached hydrogen (secondary N) is 2. The summed E-state index contributed by atoms with van der Waals surface area (Å²) in [4.78, 5) is 19.8. The lowest BCUT2D eigenvalue weighted by Gasteiger charge is -2.25. The van der Waals surface area contributed by atoms with Gasteiger partial charge in [-0.2, -0.15) is 0 Å². The van der Waals surface area contributed by atoms with Crippen LogP contribution in [0.1, 0.15) is 38.5 Å². The van der Waals surface area contributed by atoms with Crippen LogP contribution in [0.5, 0.6) is 0 Å². The lowest BCUT2D eigenvalue weighted by Crippen LogP contribution is -2.44. The van der Waals surface area contributed by atoms with Crippen molar-refractivity contribution in [3.63, 3.8) is 0 Å². The maximum absolute atomic E-state index is 12.1. The van der Waals surface area contributed by atoms with Crippen LogP contribution in [0.4, 0.5) is 0 Å². The number of hydrogen-bond acceptors (Lipinski definition) is 3. The minimum absolute atomic E-state index is 0.0311. The van der Waals surface area contributed by atoms with E-state index in [1.165, 1.54) is 4.88 Å². The van der Waals surface area contributed by atoms with Crippen molar-refractivity contribution in [3.05, 3.63) is 22.4 Å². The molecule has 1 amide bonds. The van der Waals surface area contributed by atoms with Crippen molar-refractivity contribution in [2.24, 2.45) is 4.99 Å². The smallest absolute Gasteiger partial charge is 0.244 e. The molecule has 23 heavy (non-hydrogen) atoms. The third-order valence-electron chi connectivity index (χ3n) is 4.06. The first kappa shape index (κ1) is 17.8. The van der Waals surface area contributed by atoms with Gasteiger partial charge in [-0.25, -0.2) is 4.99 Å². The lowest BCUT2D eigenvalue weighted by molar-refractivity contribution is -0.128. The third-order valence-corrected chi connectivity index (χ3v) is 5.30. The van der Waals surface area contributed by atoms with Gasteiger partial charge in [0.1, 0.15) is 6.54 Å². The molecule has 0 bridgehead atoms. The topological polar surface area (TPSA) is 56.7 Å². The van der Waals surface area contributed by atoms with E-state index in [9.17, 15) is 4.79 Å². The Labute approximate surface area is 143 Å². The number of nitrogens with zero attached hydrogens (tertiary/aromatic N) is 2. The second kappa shape index (κ2) is 8.34. The van der Waals surface area contributed by atoms with Gasteiger partial charge in [-0.15, -0.1) is 11.3 Å². The van der Waals surface area contributed by atoms with E-state index in [0.29, 0.717) is 5.96 Å². The molecule has 0 spiro atoms. The molecule has 1 saturated heterocycles. The molecule has 0 aromatic carbocycles. The Morgan fingerprint density at radius 3 is 2.70 bits per heavy atom. The Kier molecular flexibility index (Phi) is 6.45. The predicted octanol–water partition coefficient (Wildman–Crippen LogP) is 2.20. The first-order chi connectivity index (χ1) is 11.0. The summed E-state index contributed by atoms with van der Waals surface area (Å²) in [6.45, 7) is 9.99. The molecule has 0 aliphatic carbocycles. The fourth-order valence-electron chi connectivity index (χ4n) is 2.61. The van der Waals surface area contributed by atoms with Gasteiger partial charge in [-0.1, -0.05) is 19.9 Å². The van der Waals surface area contributed by atoms with Crippen LogP contribution in [0.25, 0.3) is 0 Å². The van der Waals surface area contributed by atoms with E-state index in [1.54, 1.807) is 11.3 Å². The first-order valence-corrected chi connectivity index (χ1v) is 9.25. The van der Waals surface area contributed by atoms with Crippen molar-refractivity contribution in [2.75, 3.05) is 32.7 Å². The van der Waals surface area contributed by atoms with E-state index >= 15 is 0 Å². The molecule has 128 valence electrons. The van der Waals surface area contributed by atoms with Crippen LogP contribution in [0, 0.1) is 0 Å². The molecule has 1 aliphatic rings.